The maximum atomic E-state index is 11.7. The Kier molecular flexibility index (Phi) is 3.18. The first kappa shape index (κ1) is 11.7. The molecule has 3 nitrogen and oxygen atoms in total. The zero-order valence-corrected chi connectivity index (χ0v) is 10.3. The lowest BCUT2D eigenvalue weighted by atomic mass is 9.91. The Morgan fingerprint density at radius 2 is 1.88 bits per heavy atom. The lowest BCUT2D eigenvalue weighted by molar-refractivity contribution is -0.124. The molecule has 0 saturated carbocycles. The van der Waals surface area contributed by atoms with Gasteiger partial charge in [0.25, 0.3) is 0 Å². The maximum Gasteiger partial charge on any atom is 0.165 e. The second-order valence-electron chi connectivity index (χ2n) is 4.26. The van der Waals surface area contributed by atoms with E-state index in [-0.39, 0.29) is 17.8 Å². The van der Waals surface area contributed by atoms with Crippen molar-refractivity contribution in [1.82, 2.24) is 0 Å². The van der Waals surface area contributed by atoms with Crippen LogP contribution in [0.1, 0.15) is 25.5 Å². The van der Waals surface area contributed by atoms with Crippen molar-refractivity contribution in [3.63, 3.8) is 0 Å². The van der Waals surface area contributed by atoms with E-state index >= 15 is 0 Å². The zero-order chi connectivity index (χ0) is 12.4. The zero-order valence-electron chi connectivity index (χ0n) is 10.3. The molecule has 1 aliphatic rings. The van der Waals surface area contributed by atoms with Gasteiger partial charge < -0.3 is 9.47 Å². The third kappa shape index (κ3) is 2.33. The molecule has 0 radical (unpaired) electrons. The van der Waals surface area contributed by atoms with Crippen molar-refractivity contribution >= 4 is 5.78 Å². The van der Waals surface area contributed by atoms with E-state index in [9.17, 15) is 4.79 Å². The summed E-state index contributed by atoms with van der Waals surface area (Å²) >= 11 is 0. The number of methoxy groups -OCH3 is 1. The molecule has 0 saturated heterocycles. The number of allylic oxidation sites excluding steroid dienone is 2. The number of ether oxygens (including phenoxy) is 2. The minimum atomic E-state index is -0.196. The van der Waals surface area contributed by atoms with Gasteiger partial charge in [-0.15, -0.1) is 0 Å². The van der Waals surface area contributed by atoms with Gasteiger partial charge in [-0.25, -0.2) is 0 Å². The quantitative estimate of drug-likeness (QED) is 0.786. The number of carbonyl (C=O) groups is 1. The monoisotopic (exact) mass is 232 g/mol. The van der Waals surface area contributed by atoms with Gasteiger partial charge in [0.05, 0.1) is 18.8 Å². The van der Waals surface area contributed by atoms with Crippen LogP contribution in [0.2, 0.25) is 0 Å². The second kappa shape index (κ2) is 4.62. The Bertz CT molecular complexity index is 445. The molecule has 0 amide bonds. The first-order chi connectivity index (χ1) is 8.11. The van der Waals surface area contributed by atoms with Crippen LogP contribution in [0.4, 0.5) is 0 Å². The highest BCUT2D eigenvalue weighted by atomic mass is 16.5. The summed E-state index contributed by atoms with van der Waals surface area (Å²) in [5.74, 6) is 1.45. The molecule has 0 bridgehead atoms. The number of ketones is 1. The molecule has 0 spiro atoms. The van der Waals surface area contributed by atoms with Crippen molar-refractivity contribution in [2.45, 2.75) is 20.0 Å². The molecule has 0 unspecified atom stereocenters. The molecule has 1 heterocycles. The molecule has 1 aliphatic heterocycles. The molecular formula is C14H16O3. The molecule has 1 aromatic carbocycles. The number of rotatable bonds is 2. The second-order valence-corrected chi connectivity index (χ2v) is 4.26. The third-order valence-electron chi connectivity index (χ3n) is 3.01. The summed E-state index contributed by atoms with van der Waals surface area (Å²) in [6, 6.07) is 7.63. The fourth-order valence-corrected chi connectivity index (χ4v) is 1.97. The molecule has 2 rings (SSSR count). The number of benzene rings is 1. The van der Waals surface area contributed by atoms with Crippen LogP contribution >= 0.6 is 0 Å². The maximum absolute atomic E-state index is 11.7. The number of hydrogen-bond donors (Lipinski definition) is 0. The fourth-order valence-electron chi connectivity index (χ4n) is 1.97. The van der Waals surface area contributed by atoms with Crippen LogP contribution < -0.4 is 4.74 Å². The van der Waals surface area contributed by atoms with Gasteiger partial charge in [-0.05, 0) is 24.6 Å². The molecule has 2 atom stereocenters. The fraction of sp³-hybridized carbons (Fsp3) is 0.357. The van der Waals surface area contributed by atoms with E-state index in [1.165, 1.54) is 0 Å². The number of carbonyl (C=O) groups excluding carboxylic acids is 1. The van der Waals surface area contributed by atoms with E-state index in [0.717, 1.165) is 11.3 Å². The molecule has 0 fully saturated rings. The van der Waals surface area contributed by atoms with E-state index in [4.69, 9.17) is 9.47 Å². The van der Waals surface area contributed by atoms with E-state index in [0.29, 0.717) is 5.76 Å². The van der Waals surface area contributed by atoms with Crippen molar-refractivity contribution in [3.8, 4) is 5.75 Å². The van der Waals surface area contributed by atoms with Gasteiger partial charge >= 0.3 is 0 Å². The minimum Gasteiger partial charge on any atom is -0.497 e. The molecular weight excluding hydrogens is 216 g/mol. The summed E-state index contributed by atoms with van der Waals surface area (Å²) in [7, 11) is 1.63. The molecule has 0 aromatic heterocycles. The highest BCUT2D eigenvalue weighted by molar-refractivity contribution is 5.93. The van der Waals surface area contributed by atoms with Crippen LogP contribution in [-0.4, -0.2) is 12.9 Å². The van der Waals surface area contributed by atoms with E-state index in [1.54, 1.807) is 20.1 Å². The van der Waals surface area contributed by atoms with Gasteiger partial charge in [-0.2, -0.15) is 0 Å². The van der Waals surface area contributed by atoms with Crippen LogP contribution in [0.25, 0.3) is 0 Å². The van der Waals surface area contributed by atoms with Crippen LogP contribution in [-0.2, 0) is 9.53 Å². The largest absolute Gasteiger partial charge is 0.497 e. The first-order valence-electron chi connectivity index (χ1n) is 5.64. The van der Waals surface area contributed by atoms with E-state index in [1.807, 2.05) is 31.2 Å². The van der Waals surface area contributed by atoms with E-state index in [2.05, 4.69) is 0 Å². The SMILES string of the molecule is COc1ccc([C@H]2OC(C)=CC(=O)[C@H]2C)cc1. The lowest BCUT2D eigenvalue weighted by Gasteiger charge is -2.28. The topological polar surface area (TPSA) is 35.5 Å². The molecule has 90 valence electrons. The Morgan fingerprint density at radius 3 is 2.47 bits per heavy atom. The van der Waals surface area contributed by atoms with Gasteiger partial charge in [-0.3, -0.25) is 4.79 Å². The van der Waals surface area contributed by atoms with Gasteiger partial charge in [0.15, 0.2) is 5.78 Å². The summed E-state index contributed by atoms with van der Waals surface area (Å²) in [6.07, 6.45) is 1.36. The average Bonchev–Trinajstić information content (AvgIpc) is 2.34. The summed E-state index contributed by atoms with van der Waals surface area (Å²) in [5, 5.41) is 0. The molecule has 17 heavy (non-hydrogen) atoms. The van der Waals surface area contributed by atoms with Gasteiger partial charge in [0.1, 0.15) is 11.9 Å². The van der Waals surface area contributed by atoms with Crippen molar-refractivity contribution < 1.29 is 14.3 Å². The number of hydrogen-bond acceptors (Lipinski definition) is 3. The molecule has 0 N–H and O–H groups in total. The standard InChI is InChI=1S/C14H16O3/c1-9-8-13(15)10(2)14(17-9)11-4-6-12(16-3)7-5-11/h4-8,10,14H,1-3H3/t10-,14+/m1/s1. The summed E-state index contributed by atoms with van der Waals surface area (Å²) in [5.41, 5.74) is 0.999. The van der Waals surface area contributed by atoms with Crippen LogP contribution in [0, 0.1) is 5.92 Å². The smallest absolute Gasteiger partial charge is 0.165 e. The average molecular weight is 232 g/mol. The van der Waals surface area contributed by atoms with Crippen molar-refractivity contribution in [2.75, 3.05) is 7.11 Å². The van der Waals surface area contributed by atoms with Gasteiger partial charge in [0, 0.05) is 6.08 Å². The van der Waals surface area contributed by atoms with E-state index < -0.39 is 0 Å². The summed E-state index contributed by atoms with van der Waals surface area (Å²) < 4.78 is 10.8. The Hall–Kier alpha value is -1.77. The van der Waals surface area contributed by atoms with Gasteiger partial charge in [0.2, 0.25) is 0 Å². The summed E-state index contributed by atoms with van der Waals surface area (Å²) in [6.45, 7) is 3.69. The normalized spacial score (nSPS) is 23.9. The van der Waals surface area contributed by atoms with Crippen LogP contribution in [0.5, 0.6) is 5.75 Å². The van der Waals surface area contributed by atoms with Crippen molar-refractivity contribution in [2.24, 2.45) is 5.92 Å². The summed E-state index contributed by atoms with van der Waals surface area (Å²) in [4.78, 5) is 11.7. The molecule has 0 aliphatic carbocycles. The Morgan fingerprint density at radius 1 is 1.24 bits per heavy atom. The Labute approximate surface area is 101 Å². The lowest BCUT2D eigenvalue weighted by Crippen LogP contribution is -2.24. The highest BCUT2D eigenvalue weighted by Crippen LogP contribution is 2.33. The predicted octanol–water partition coefficient (Wildman–Crippen LogP) is 2.88. The van der Waals surface area contributed by atoms with Crippen LogP contribution in [0.15, 0.2) is 36.1 Å². The van der Waals surface area contributed by atoms with Crippen molar-refractivity contribution in [3.05, 3.63) is 41.7 Å². The first-order valence-corrected chi connectivity index (χ1v) is 5.64. The van der Waals surface area contributed by atoms with Crippen molar-refractivity contribution in [1.29, 1.82) is 0 Å². The highest BCUT2D eigenvalue weighted by Gasteiger charge is 2.29. The van der Waals surface area contributed by atoms with Crippen LogP contribution in [0.3, 0.4) is 0 Å². The predicted molar refractivity (Wildman–Crippen MR) is 64.7 cm³/mol. The third-order valence-corrected chi connectivity index (χ3v) is 3.01. The molecule has 3 heteroatoms. The minimum absolute atomic E-state index is 0.120. The Balaban J connectivity index is 2.27. The molecule has 1 aromatic rings. The van der Waals surface area contributed by atoms with Gasteiger partial charge in [-0.1, -0.05) is 19.1 Å².